The molecule has 1 heterocycles. The molecule has 0 fully saturated rings. The lowest BCUT2D eigenvalue weighted by Gasteiger charge is -2.29. The molecule has 0 aromatic heterocycles. The van der Waals surface area contributed by atoms with Gasteiger partial charge in [0.15, 0.2) is 6.61 Å². The fourth-order valence-electron chi connectivity index (χ4n) is 1.87. The number of hydrogen-bond donors (Lipinski definition) is 1. The minimum Gasteiger partial charge on any atom is -0.482 e. The summed E-state index contributed by atoms with van der Waals surface area (Å²) < 4.78 is 5.32. The molecule has 0 bridgehead atoms. The van der Waals surface area contributed by atoms with E-state index in [9.17, 15) is 9.59 Å². The molecule has 108 valence electrons. The summed E-state index contributed by atoms with van der Waals surface area (Å²) in [5, 5.41) is 3.28. The standard InChI is InChI=1S/C14H17ClN2O3/c1-9(2)6-16-13(18)7-17-11-5-10(15)3-4-12(11)20-8-14(17)19/h3-5,9H,6-8H2,1-2H3,(H,16,18). The lowest BCUT2D eigenvalue weighted by Crippen LogP contribution is -2.45. The van der Waals surface area contributed by atoms with E-state index in [0.717, 1.165) is 0 Å². The smallest absolute Gasteiger partial charge is 0.265 e. The summed E-state index contributed by atoms with van der Waals surface area (Å²) in [4.78, 5) is 25.2. The van der Waals surface area contributed by atoms with Gasteiger partial charge in [-0.15, -0.1) is 0 Å². The van der Waals surface area contributed by atoms with Crippen molar-refractivity contribution in [1.29, 1.82) is 0 Å². The Morgan fingerprint density at radius 2 is 2.25 bits per heavy atom. The zero-order valence-corrected chi connectivity index (χ0v) is 12.2. The summed E-state index contributed by atoms with van der Waals surface area (Å²) >= 11 is 5.93. The highest BCUT2D eigenvalue weighted by Crippen LogP contribution is 2.34. The molecule has 0 saturated heterocycles. The van der Waals surface area contributed by atoms with Crippen molar-refractivity contribution < 1.29 is 14.3 Å². The predicted octanol–water partition coefficient (Wildman–Crippen LogP) is 1.84. The van der Waals surface area contributed by atoms with Crippen molar-refractivity contribution in [3.63, 3.8) is 0 Å². The third-order valence-electron chi connectivity index (χ3n) is 2.87. The molecule has 0 saturated carbocycles. The Kier molecular flexibility index (Phi) is 4.49. The van der Waals surface area contributed by atoms with Gasteiger partial charge in [-0.25, -0.2) is 0 Å². The predicted molar refractivity (Wildman–Crippen MR) is 77.1 cm³/mol. The molecule has 2 rings (SSSR count). The Morgan fingerprint density at radius 3 is 2.95 bits per heavy atom. The third kappa shape index (κ3) is 3.42. The van der Waals surface area contributed by atoms with Gasteiger partial charge >= 0.3 is 0 Å². The van der Waals surface area contributed by atoms with Gasteiger partial charge in [0.2, 0.25) is 5.91 Å². The van der Waals surface area contributed by atoms with Gasteiger partial charge in [-0.2, -0.15) is 0 Å². The number of nitrogens with one attached hydrogen (secondary N) is 1. The monoisotopic (exact) mass is 296 g/mol. The third-order valence-corrected chi connectivity index (χ3v) is 3.11. The number of anilines is 1. The maximum Gasteiger partial charge on any atom is 0.265 e. The van der Waals surface area contributed by atoms with Crippen LogP contribution in [0, 0.1) is 5.92 Å². The summed E-state index contributed by atoms with van der Waals surface area (Å²) in [6.45, 7) is 4.51. The maximum atomic E-state index is 11.9. The second-order valence-electron chi connectivity index (χ2n) is 5.08. The number of carbonyl (C=O) groups is 2. The average Bonchev–Trinajstić information content (AvgIpc) is 2.40. The van der Waals surface area contributed by atoms with E-state index in [-0.39, 0.29) is 25.0 Å². The van der Waals surface area contributed by atoms with Gasteiger partial charge in [-0.1, -0.05) is 25.4 Å². The molecule has 2 amide bonds. The fourth-order valence-corrected chi connectivity index (χ4v) is 2.03. The van der Waals surface area contributed by atoms with Crippen LogP contribution in [0.4, 0.5) is 5.69 Å². The lowest BCUT2D eigenvalue weighted by molar-refractivity contribution is -0.125. The van der Waals surface area contributed by atoms with Crippen molar-refractivity contribution in [2.24, 2.45) is 5.92 Å². The van der Waals surface area contributed by atoms with Crippen molar-refractivity contribution >= 4 is 29.1 Å². The number of halogens is 1. The van der Waals surface area contributed by atoms with E-state index in [1.807, 2.05) is 13.8 Å². The van der Waals surface area contributed by atoms with Gasteiger partial charge in [0.25, 0.3) is 5.91 Å². The van der Waals surface area contributed by atoms with Crippen molar-refractivity contribution in [3.05, 3.63) is 23.2 Å². The van der Waals surface area contributed by atoms with Crippen LogP contribution in [0.5, 0.6) is 5.75 Å². The van der Waals surface area contributed by atoms with Crippen molar-refractivity contribution in [2.75, 3.05) is 24.6 Å². The Hall–Kier alpha value is -1.75. The minimum absolute atomic E-state index is 0.0255. The van der Waals surface area contributed by atoms with Gasteiger partial charge in [-0.3, -0.25) is 14.5 Å². The van der Waals surface area contributed by atoms with Crippen LogP contribution in [-0.2, 0) is 9.59 Å². The van der Waals surface area contributed by atoms with E-state index in [1.165, 1.54) is 4.90 Å². The molecule has 1 N–H and O–H groups in total. The molecule has 0 atom stereocenters. The Morgan fingerprint density at radius 1 is 1.50 bits per heavy atom. The van der Waals surface area contributed by atoms with E-state index >= 15 is 0 Å². The zero-order valence-electron chi connectivity index (χ0n) is 11.5. The van der Waals surface area contributed by atoms with Crippen LogP contribution in [0.15, 0.2) is 18.2 Å². The first-order chi connectivity index (χ1) is 9.47. The maximum absolute atomic E-state index is 11.9. The highest BCUT2D eigenvalue weighted by atomic mass is 35.5. The molecule has 0 spiro atoms. The first-order valence-electron chi connectivity index (χ1n) is 6.47. The Balaban J connectivity index is 2.13. The van der Waals surface area contributed by atoms with Crippen molar-refractivity contribution in [3.8, 4) is 5.75 Å². The molecule has 1 aliphatic heterocycles. The molecular weight excluding hydrogens is 280 g/mol. The number of ether oxygens (including phenoxy) is 1. The molecule has 1 aliphatic rings. The first kappa shape index (κ1) is 14.7. The number of fused-ring (bicyclic) bond motifs is 1. The second-order valence-corrected chi connectivity index (χ2v) is 5.51. The van der Waals surface area contributed by atoms with E-state index in [2.05, 4.69) is 5.32 Å². The van der Waals surface area contributed by atoms with E-state index in [4.69, 9.17) is 16.3 Å². The summed E-state index contributed by atoms with van der Waals surface area (Å²) in [6, 6.07) is 5.01. The Bertz CT molecular complexity index is 531. The van der Waals surface area contributed by atoms with Crippen molar-refractivity contribution in [2.45, 2.75) is 13.8 Å². The number of nitrogens with zero attached hydrogens (tertiary/aromatic N) is 1. The normalized spacial score (nSPS) is 14.0. The van der Waals surface area contributed by atoms with Crippen LogP contribution in [-0.4, -0.2) is 31.5 Å². The molecule has 0 radical (unpaired) electrons. The quantitative estimate of drug-likeness (QED) is 0.922. The molecule has 20 heavy (non-hydrogen) atoms. The van der Waals surface area contributed by atoms with E-state index < -0.39 is 0 Å². The topological polar surface area (TPSA) is 58.6 Å². The van der Waals surface area contributed by atoms with Crippen LogP contribution in [0.25, 0.3) is 0 Å². The summed E-state index contributed by atoms with van der Waals surface area (Å²) in [5.74, 6) is 0.478. The largest absolute Gasteiger partial charge is 0.482 e. The lowest BCUT2D eigenvalue weighted by atomic mass is 10.2. The van der Waals surface area contributed by atoms with Crippen molar-refractivity contribution in [1.82, 2.24) is 5.32 Å². The first-order valence-corrected chi connectivity index (χ1v) is 6.84. The van der Waals surface area contributed by atoms with Gasteiger partial charge in [0.1, 0.15) is 12.3 Å². The molecular formula is C14H17ClN2O3. The molecule has 6 heteroatoms. The Labute approximate surface area is 122 Å². The highest BCUT2D eigenvalue weighted by Gasteiger charge is 2.27. The van der Waals surface area contributed by atoms with Crippen LogP contribution < -0.4 is 15.0 Å². The number of carbonyl (C=O) groups excluding carboxylic acids is 2. The summed E-state index contributed by atoms with van der Waals surface area (Å²) in [6.07, 6.45) is 0. The molecule has 0 unspecified atom stereocenters. The van der Waals surface area contributed by atoms with Crippen LogP contribution in [0.1, 0.15) is 13.8 Å². The molecule has 0 aliphatic carbocycles. The van der Waals surface area contributed by atoms with Gasteiger partial charge in [0, 0.05) is 11.6 Å². The SMILES string of the molecule is CC(C)CNC(=O)CN1C(=O)COc2ccc(Cl)cc21. The van der Waals surface area contributed by atoms with E-state index in [1.54, 1.807) is 18.2 Å². The molecule has 5 nitrogen and oxygen atoms in total. The van der Waals surface area contributed by atoms with Gasteiger partial charge in [0.05, 0.1) is 5.69 Å². The fraction of sp³-hybridized carbons (Fsp3) is 0.429. The van der Waals surface area contributed by atoms with Gasteiger partial charge < -0.3 is 10.1 Å². The minimum atomic E-state index is -0.250. The number of rotatable bonds is 4. The van der Waals surface area contributed by atoms with Crippen LogP contribution in [0.2, 0.25) is 5.02 Å². The number of benzene rings is 1. The molecule has 1 aromatic rings. The number of amides is 2. The average molecular weight is 297 g/mol. The second kappa shape index (κ2) is 6.13. The number of hydrogen-bond acceptors (Lipinski definition) is 3. The summed E-state index contributed by atoms with van der Waals surface area (Å²) in [7, 11) is 0. The van der Waals surface area contributed by atoms with Gasteiger partial charge in [-0.05, 0) is 24.1 Å². The zero-order chi connectivity index (χ0) is 14.7. The van der Waals surface area contributed by atoms with Crippen LogP contribution >= 0.6 is 11.6 Å². The van der Waals surface area contributed by atoms with E-state index in [0.29, 0.717) is 28.9 Å². The molecule has 1 aromatic carbocycles. The summed E-state index contributed by atoms with van der Waals surface area (Å²) in [5.41, 5.74) is 0.536. The highest BCUT2D eigenvalue weighted by molar-refractivity contribution is 6.31. The van der Waals surface area contributed by atoms with Crippen LogP contribution in [0.3, 0.4) is 0 Å².